The molecule has 1 heterocycles. The second-order valence-electron chi connectivity index (χ2n) is 8.47. The van der Waals surface area contributed by atoms with Crippen LogP contribution in [0, 0.1) is 0 Å². The van der Waals surface area contributed by atoms with E-state index in [1.807, 2.05) is 39.0 Å². The third-order valence-electron chi connectivity index (χ3n) is 5.03. The Bertz CT molecular complexity index is 824. The van der Waals surface area contributed by atoms with Gasteiger partial charge in [0, 0.05) is 6.20 Å². The van der Waals surface area contributed by atoms with Crippen molar-refractivity contribution in [2.75, 3.05) is 5.32 Å². The van der Waals surface area contributed by atoms with Crippen LogP contribution < -0.4 is 5.32 Å². The number of hydrogen-bond donors (Lipinski definition) is 2. The molecule has 6 nitrogen and oxygen atoms in total. The number of hydrogen-bond acceptors (Lipinski definition) is 5. The third-order valence-corrected chi connectivity index (χ3v) is 5.03. The number of aromatic hydroxyl groups is 1. The standard InChI is InChI=1S/C23H30N2O4/c1-23(2,3)29-22(27)25-19-8-6-14-24-20(19)15-28-17-12-10-16(11-13-17)18-7-4-5-9-21(18)26/h4-9,14,16-17,26H,10-13,15H2,1-3H3,(H,25,27)/t16-,17+. The summed E-state index contributed by atoms with van der Waals surface area (Å²) in [6, 6.07) is 11.1. The van der Waals surface area contributed by atoms with Crippen LogP contribution in [0.1, 0.15) is 63.6 Å². The summed E-state index contributed by atoms with van der Waals surface area (Å²) in [5.74, 6) is 0.749. The number of para-hydroxylation sites is 1. The van der Waals surface area contributed by atoms with Crippen LogP contribution in [0.15, 0.2) is 42.6 Å². The maximum atomic E-state index is 12.1. The van der Waals surface area contributed by atoms with Crippen LogP contribution in [0.4, 0.5) is 10.5 Å². The molecule has 2 N–H and O–H groups in total. The highest BCUT2D eigenvalue weighted by Crippen LogP contribution is 2.38. The SMILES string of the molecule is CC(C)(C)OC(=O)Nc1cccnc1CO[C@H]1CC[C@@H](c2ccccc2O)CC1. The molecular formula is C23H30N2O4. The molecule has 1 amide bonds. The number of pyridine rings is 1. The summed E-state index contributed by atoms with van der Waals surface area (Å²) in [6.07, 6.45) is 5.15. The quantitative estimate of drug-likeness (QED) is 0.707. The summed E-state index contributed by atoms with van der Waals surface area (Å²) in [5, 5.41) is 12.8. The third kappa shape index (κ3) is 6.19. The van der Waals surface area contributed by atoms with Crippen molar-refractivity contribution in [2.45, 2.75) is 70.7 Å². The maximum absolute atomic E-state index is 12.1. The fourth-order valence-electron chi connectivity index (χ4n) is 3.65. The molecule has 156 valence electrons. The van der Waals surface area contributed by atoms with E-state index in [1.165, 1.54) is 0 Å². The number of amides is 1. The average Bonchev–Trinajstić information content (AvgIpc) is 2.67. The van der Waals surface area contributed by atoms with E-state index in [0.29, 0.717) is 29.7 Å². The molecule has 0 spiro atoms. The van der Waals surface area contributed by atoms with E-state index in [9.17, 15) is 9.90 Å². The minimum absolute atomic E-state index is 0.147. The number of anilines is 1. The van der Waals surface area contributed by atoms with E-state index in [-0.39, 0.29) is 6.10 Å². The molecule has 1 aliphatic carbocycles. The van der Waals surface area contributed by atoms with E-state index >= 15 is 0 Å². The van der Waals surface area contributed by atoms with Crippen molar-refractivity contribution in [1.29, 1.82) is 0 Å². The number of ether oxygens (including phenoxy) is 2. The molecule has 1 fully saturated rings. The summed E-state index contributed by atoms with van der Waals surface area (Å²) < 4.78 is 11.4. The molecule has 0 bridgehead atoms. The first-order chi connectivity index (χ1) is 13.8. The number of rotatable bonds is 5. The van der Waals surface area contributed by atoms with Gasteiger partial charge in [-0.15, -0.1) is 0 Å². The van der Waals surface area contributed by atoms with Gasteiger partial charge < -0.3 is 14.6 Å². The molecule has 0 atom stereocenters. The highest BCUT2D eigenvalue weighted by Gasteiger charge is 2.25. The number of carbonyl (C=O) groups excluding carboxylic acids is 1. The Hall–Kier alpha value is -2.60. The minimum Gasteiger partial charge on any atom is -0.508 e. The summed E-state index contributed by atoms with van der Waals surface area (Å²) in [6.45, 7) is 5.81. The molecule has 0 unspecified atom stereocenters. The van der Waals surface area contributed by atoms with Crippen LogP contribution in [-0.2, 0) is 16.1 Å². The molecular weight excluding hydrogens is 368 g/mol. The van der Waals surface area contributed by atoms with E-state index in [0.717, 1.165) is 31.2 Å². The summed E-state index contributed by atoms with van der Waals surface area (Å²) in [4.78, 5) is 16.4. The minimum atomic E-state index is -0.561. The van der Waals surface area contributed by atoms with Gasteiger partial charge in [0.2, 0.25) is 0 Å². The van der Waals surface area contributed by atoms with Crippen LogP contribution in [0.3, 0.4) is 0 Å². The normalized spacial score (nSPS) is 19.6. The van der Waals surface area contributed by atoms with Gasteiger partial charge in [0.05, 0.1) is 24.1 Å². The van der Waals surface area contributed by atoms with Crippen LogP contribution in [0.25, 0.3) is 0 Å². The van der Waals surface area contributed by atoms with Crippen molar-refractivity contribution in [3.63, 3.8) is 0 Å². The lowest BCUT2D eigenvalue weighted by molar-refractivity contribution is 0.0119. The fraction of sp³-hybridized carbons (Fsp3) is 0.478. The number of phenolic OH excluding ortho intramolecular Hbond substituents is 1. The Kier molecular flexibility index (Phi) is 6.75. The van der Waals surface area contributed by atoms with Crippen LogP contribution >= 0.6 is 0 Å². The van der Waals surface area contributed by atoms with Crippen molar-refractivity contribution in [2.24, 2.45) is 0 Å². The van der Waals surface area contributed by atoms with Gasteiger partial charge in [-0.1, -0.05) is 18.2 Å². The van der Waals surface area contributed by atoms with Gasteiger partial charge in [0.15, 0.2) is 0 Å². The van der Waals surface area contributed by atoms with E-state index in [4.69, 9.17) is 9.47 Å². The Morgan fingerprint density at radius 2 is 1.86 bits per heavy atom. The van der Waals surface area contributed by atoms with Crippen molar-refractivity contribution in [3.8, 4) is 5.75 Å². The first kappa shape index (κ1) is 21.1. The zero-order chi connectivity index (χ0) is 20.9. The fourth-order valence-corrected chi connectivity index (χ4v) is 3.65. The topological polar surface area (TPSA) is 80.7 Å². The predicted molar refractivity (Wildman–Crippen MR) is 112 cm³/mol. The molecule has 1 aromatic carbocycles. The summed E-state index contributed by atoms with van der Waals surface area (Å²) >= 11 is 0. The van der Waals surface area contributed by atoms with Crippen molar-refractivity contribution in [3.05, 3.63) is 53.9 Å². The highest BCUT2D eigenvalue weighted by atomic mass is 16.6. The molecule has 2 aromatic rings. The number of phenols is 1. The van der Waals surface area contributed by atoms with E-state index in [2.05, 4.69) is 10.3 Å². The first-order valence-corrected chi connectivity index (χ1v) is 10.2. The molecule has 1 aromatic heterocycles. The van der Waals surface area contributed by atoms with Gasteiger partial charge in [-0.3, -0.25) is 10.3 Å². The lowest BCUT2D eigenvalue weighted by atomic mass is 9.82. The zero-order valence-corrected chi connectivity index (χ0v) is 17.4. The monoisotopic (exact) mass is 398 g/mol. The van der Waals surface area contributed by atoms with E-state index in [1.54, 1.807) is 24.4 Å². The Morgan fingerprint density at radius 3 is 2.55 bits per heavy atom. The molecule has 3 rings (SSSR count). The zero-order valence-electron chi connectivity index (χ0n) is 17.4. The highest BCUT2D eigenvalue weighted by molar-refractivity contribution is 5.85. The number of nitrogens with one attached hydrogen (secondary N) is 1. The van der Waals surface area contributed by atoms with Gasteiger partial charge in [0.25, 0.3) is 0 Å². The number of nitrogens with zero attached hydrogens (tertiary/aromatic N) is 1. The molecule has 6 heteroatoms. The van der Waals surface area contributed by atoms with E-state index < -0.39 is 11.7 Å². The number of aromatic nitrogens is 1. The van der Waals surface area contributed by atoms with Gasteiger partial charge in [-0.2, -0.15) is 0 Å². The summed E-state index contributed by atoms with van der Waals surface area (Å²) in [5.41, 5.74) is 1.75. The van der Waals surface area contributed by atoms with Crippen molar-refractivity contribution >= 4 is 11.8 Å². The molecule has 0 saturated heterocycles. The van der Waals surface area contributed by atoms with Crippen molar-refractivity contribution < 1.29 is 19.4 Å². The number of benzene rings is 1. The molecule has 0 aliphatic heterocycles. The first-order valence-electron chi connectivity index (χ1n) is 10.2. The predicted octanol–water partition coefficient (Wildman–Crippen LogP) is 5.38. The van der Waals surface area contributed by atoms with Crippen molar-refractivity contribution in [1.82, 2.24) is 4.98 Å². The average molecular weight is 399 g/mol. The smallest absolute Gasteiger partial charge is 0.412 e. The lowest BCUT2D eigenvalue weighted by Gasteiger charge is -2.29. The maximum Gasteiger partial charge on any atom is 0.412 e. The van der Waals surface area contributed by atoms with Crippen LogP contribution in [0.5, 0.6) is 5.75 Å². The van der Waals surface area contributed by atoms with Gasteiger partial charge in [-0.05, 0) is 76.1 Å². The second kappa shape index (κ2) is 9.27. The van der Waals surface area contributed by atoms with Gasteiger partial charge in [-0.25, -0.2) is 4.79 Å². The largest absolute Gasteiger partial charge is 0.508 e. The second-order valence-corrected chi connectivity index (χ2v) is 8.47. The van der Waals surface area contributed by atoms with Gasteiger partial charge >= 0.3 is 6.09 Å². The Balaban J connectivity index is 1.52. The number of carbonyl (C=O) groups is 1. The van der Waals surface area contributed by atoms with Gasteiger partial charge in [0.1, 0.15) is 11.4 Å². The Morgan fingerprint density at radius 1 is 1.14 bits per heavy atom. The molecule has 1 aliphatic rings. The lowest BCUT2D eigenvalue weighted by Crippen LogP contribution is -2.27. The molecule has 0 radical (unpaired) electrons. The Labute approximate surface area is 172 Å². The van der Waals surface area contributed by atoms with Crippen LogP contribution in [0.2, 0.25) is 0 Å². The molecule has 29 heavy (non-hydrogen) atoms. The summed E-state index contributed by atoms with van der Waals surface area (Å²) in [7, 11) is 0. The van der Waals surface area contributed by atoms with Crippen LogP contribution in [-0.4, -0.2) is 27.9 Å². The molecule has 1 saturated carbocycles.